The zero-order chi connectivity index (χ0) is 13.9. The Morgan fingerprint density at radius 3 is 1.79 bits per heavy atom. The summed E-state index contributed by atoms with van der Waals surface area (Å²) in [6, 6.07) is 0. The maximum atomic E-state index is 9.46. The smallest absolute Gasteiger partial charge is 0.167 e. The third-order valence-electron chi connectivity index (χ3n) is 4.07. The van der Waals surface area contributed by atoms with E-state index in [2.05, 4.69) is 0 Å². The molecule has 2 atom stereocenters. The second-order valence-corrected chi connectivity index (χ2v) is 6.36. The molecule has 5 heteroatoms. The summed E-state index contributed by atoms with van der Waals surface area (Å²) in [6.45, 7) is 7.08. The highest BCUT2D eigenvalue weighted by Crippen LogP contribution is 2.41. The molecule has 0 spiro atoms. The van der Waals surface area contributed by atoms with Crippen molar-refractivity contribution in [1.82, 2.24) is 0 Å². The van der Waals surface area contributed by atoms with E-state index in [1.165, 1.54) is 0 Å². The Hall–Kier alpha value is -0.200. The molecule has 2 aliphatic heterocycles. The lowest BCUT2D eigenvalue weighted by atomic mass is 9.72. The molecule has 0 amide bonds. The predicted octanol–water partition coefficient (Wildman–Crippen LogP) is 1.07. The summed E-state index contributed by atoms with van der Waals surface area (Å²) >= 11 is 0. The second-order valence-electron chi connectivity index (χ2n) is 6.36. The third-order valence-corrected chi connectivity index (χ3v) is 4.07. The Kier molecular flexibility index (Phi) is 4.84. The average molecular weight is 274 g/mol. The van der Waals surface area contributed by atoms with Gasteiger partial charge in [0, 0.05) is 11.8 Å². The number of hydrogen-bond acceptors (Lipinski definition) is 5. The first kappa shape index (κ1) is 15.2. The highest BCUT2D eigenvalue weighted by Gasteiger charge is 2.43. The van der Waals surface area contributed by atoms with Crippen LogP contribution in [-0.2, 0) is 14.2 Å². The minimum atomic E-state index is -1.43. The standard InChI is InChI=1S/C8H16O2.C6H10O3/c1-7(2)5-3-4-6-8(7,9)10;1(5-3-8-5)7-2-6-4-9-6/h9-10H,3-6H2,1-2H3;5-6H,1-4H2. The van der Waals surface area contributed by atoms with Gasteiger partial charge in [0.25, 0.3) is 0 Å². The van der Waals surface area contributed by atoms with Gasteiger partial charge in [-0.3, -0.25) is 0 Å². The lowest BCUT2D eigenvalue weighted by Gasteiger charge is -2.42. The molecule has 19 heavy (non-hydrogen) atoms. The molecule has 3 aliphatic rings. The Morgan fingerprint density at radius 2 is 1.47 bits per heavy atom. The van der Waals surface area contributed by atoms with Gasteiger partial charge >= 0.3 is 0 Å². The highest BCUT2D eigenvalue weighted by molar-refractivity contribution is 4.87. The van der Waals surface area contributed by atoms with Crippen LogP contribution in [0.15, 0.2) is 0 Å². The van der Waals surface area contributed by atoms with Crippen LogP contribution >= 0.6 is 0 Å². The van der Waals surface area contributed by atoms with Crippen LogP contribution in [0, 0.1) is 5.41 Å². The minimum Gasteiger partial charge on any atom is -0.376 e. The lowest BCUT2D eigenvalue weighted by Crippen LogP contribution is -2.46. The Morgan fingerprint density at radius 1 is 1.00 bits per heavy atom. The van der Waals surface area contributed by atoms with E-state index in [0.29, 0.717) is 18.6 Å². The summed E-state index contributed by atoms with van der Waals surface area (Å²) in [7, 11) is 0. The first-order valence-corrected chi connectivity index (χ1v) is 7.16. The van der Waals surface area contributed by atoms with Crippen LogP contribution in [0.1, 0.15) is 39.5 Å². The Labute approximate surface area is 114 Å². The Bertz CT molecular complexity index is 254. The molecule has 0 aromatic carbocycles. The molecule has 0 aromatic heterocycles. The van der Waals surface area contributed by atoms with E-state index in [-0.39, 0.29) is 5.41 Å². The van der Waals surface area contributed by atoms with Crippen molar-refractivity contribution in [2.24, 2.45) is 5.41 Å². The fourth-order valence-corrected chi connectivity index (χ4v) is 2.14. The van der Waals surface area contributed by atoms with Gasteiger partial charge in [-0.2, -0.15) is 0 Å². The summed E-state index contributed by atoms with van der Waals surface area (Å²) in [4.78, 5) is 0. The molecule has 2 unspecified atom stereocenters. The van der Waals surface area contributed by atoms with Crippen LogP contribution in [0.25, 0.3) is 0 Å². The van der Waals surface area contributed by atoms with E-state index >= 15 is 0 Å². The van der Waals surface area contributed by atoms with E-state index in [1.54, 1.807) is 0 Å². The average Bonchev–Trinajstić information content (AvgIpc) is 3.17. The summed E-state index contributed by atoms with van der Waals surface area (Å²) in [6.07, 6.45) is 4.29. The fraction of sp³-hybridized carbons (Fsp3) is 1.00. The molecular formula is C14H26O5. The number of ether oxygens (including phenoxy) is 3. The van der Waals surface area contributed by atoms with Crippen molar-refractivity contribution in [1.29, 1.82) is 0 Å². The summed E-state index contributed by atoms with van der Waals surface area (Å²) in [5, 5.41) is 18.9. The van der Waals surface area contributed by atoms with Gasteiger partial charge in [-0.25, -0.2) is 0 Å². The second kappa shape index (κ2) is 6.06. The minimum absolute atomic E-state index is 0.314. The monoisotopic (exact) mass is 274 g/mol. The number of rotatable bonds is 4. The lowest BCUT2D eigenvalue weighted by molar-refractivity contribution is -0.250. The molecule has 1 aliphatic carbocycles. The maximum absolute atomic E-state index is 9.46. The number of aliphatic hydroxyl groups is 2. The molecule has 3 rings (SSSR count). The van der Waals surface area contributed by atoms with Gasteiger partial charge < -0.3 is 24.4 Å². The first-order chi connectivity index (χ1) is 8.91. The van der Waals surface area contributed by atoms with Gasteiger partial charge in [0.2, 0.25) is 0 Å². The number of epoxide rings is 2. The van der Waals surface area contributed by atoms with Crippen molar-refractivity contribution >= 4 is 0 Å². The zero-order valence-corrected chi connectivity index (χ0v) is 11.9. The molecule has 2 N–H and O–H groups in total. The van der Waals surface area contributed by atoms with Gasteiger partial charge in [-0.1, -0.05) is 20.3 Å². The molecule has 0 aromatic rings. The molecule has 0 bridgehead atoms. The first-order valence-electron chi connectivity index (χ1n) is 7.16. The SMILES string of the molecule is C(OCC1CO1)C1CO1.CC1(C)CCCCC1(O)O. The van der Waals surface area contributed by atoms with Crippen molar-refractivity contribution < 1.29 is 24.4 Å². The van der Waals surface area contributed by atoms with Crippen LogP contribution in [0.5, 0.6) is 0 Å². The quantitative estimate of drug-likeness (QED) is 0.592. The van der Waals surface area contributed by atoms with Crippen molar-refractivity contribution in [3.8, 4) is 0 Å². The van der Waals surface area contributed by atoms with Crippen molar-refractivity contribution in [3.63, 3.8) is 0 Å². The Balaban J connectivity index is 0.000000141. The van der Waals surface area contributed by atoms with Crippen LogP contribution in [0.2, 0.25) is 0 Å². The molecule has 1 saturated carbocycles. The molecule has 2 saturated heterocycles. The van der Waals surface area contributed by atoms with E-state index in [1.807, 2.05) is 13.8 Å². The summed E-state index contributed by atoms with van der Waals surface area (Å²) in [5.74, 6) is -1.43. The fourth-order valence-electron chi connectivity index (χ4n) is 2.14. The summed E-state index contributed by atoms with van der Waals surface area (Å²) < 4.78 is 15.1. The van der Waals surface area contributed by atoms with Crippen LogP contribution in [0.3, 0.4) is 0 Å². The topological polar surface area (TPSA) is 74.8 Å². The normalized spacial score (nSPS) is 34.1. The zero-order valence-electron chi connectivity index (χ0n) is 11.9. The van der Waals surface area contributed by atoms with Gasteiger partial charge in [0.1, 0.15) is 12.2 Å². The molecule has 2 heterocycles. The van der Waals surface area contributed by atoms with E-state index in [0.717, 1.165) is 45.7 Å². The van der Waals surface area contributed by atoms with Crippen molar-refractivity contribution in [3.05, 3.63) is 0 Å². The van der Waals surface area contributed by atoms with Gasteiger partial charge in [0.05, 0.1) is 26.4 Å². The molecular weight excluding hydrogens is 248 g/mol. The third kappa shape index (κ3) is 5.00. The number of hydrogen-bond donors (Lipinski definition) is 2. The van der Waals surface area contributed by atoms with Gasteiger partial charge in [0.15, 0.2) is 5.79 Å². The largest absolute Gasteiger partial charge is 0.376 e. The van der Waals surface area contributed by atoms with E-state index < -0.39 is 5.79 Å². The van der Waals surface area contributed by atoms with Crippen LogP contribution in [0.4, 0.5) is 0 Å². The van der Waals surface area contributed by atoms with Crippen LogP contribution in [-0.4, -0.2) is 54.6 Å². The molecule has 3 fully saturated rings. The predicted molar refractivity (Wildman–Crippen MR) is 69.7 cm³/mol. The van der Waals surface area contributed by atoms with E-state index in [9.17, 15) is 10.2 Å². The van der Waals surface area contributed by atoms with Gasteiger partial charge in [-0.15, -0.1) is 0 Å². The van der Waals surface area contributed by atoms with E-state index in [4.69, 9.17) is 14.2 Å². The molecule has 0 radical (unpaired) electrons. The molecule has 112 valence electrons. The highest BCUT2D eigenvalue weighted by atomic mass is 16.6. The van der Waals surface area contributed by atoms with Crippen molar-refractivity contribution in [2.75, 3.05) is 26.4 Å². The summed E-state index contributed by atoms with van der Waals surface area (Å²) in [5.41, 5.74) is -0.314. The molecule has 5 nitrogen and oxygen atoms in total. The van der Waals surface area contributed by atoms with Crippen molar-refractivity contribution in [2.45, 2.75) is 57.5 Å². The van der Waals surface area contributed by atoms with Crippen LogP contribution < -0.4 is 0 Å². The van der Waals surface area contributed by atoms with Gasteiger partial charge in [-0.05, 0) is 12.8 Å². The maximum Gasteiger partial charge on any atom is 0.167 e.